The largest absolute Gasteiger partial charge is 0.271 e. The van der Waals surface area contributed by atoms with Crippen LogP contribution >= 0.6 is 39.1 Å². The Hall–Kier alpha value is -0.530. The van der Waals surface area contributed by atoms with Gasteiger partial charge in [0.05, 0.1) is 11.7 Å². The van der Waals surface area contributed by atoms with Crippen molar-refractivity contribution in [2.24, 2.45) is 5.84 Å². The molecule has 1 aromatic heterocycles. The third-order valence-electron chi connectivity index (χ3n) is 2.37. The van der Waals surface area contributed by atoms with Gasteiger partial charge in [0, 0.05) is 14.9 Å². The van der Waals surface area contributed by atoms with Gasteiger partial charge in [0.2, 0.25) is 0 Å². The van der Waals surface area contributed by atoms with Crippen LogP contribution in [0.3, 0.4) is 0 Å². The molecule has 0 aliphatic carbocycles. The molecule has 1 atom stereocenters. The van der Waals surface area contributed by atoms with E-state index in [0.717, 1.165) is 15.7 Å². The van der Waals surface area contributed by atoms with Gasteiger partial charge >= 0.3 is 0 Å². The lowest BCUT2D eigenvalue weighted by molar-refractivity contribution is 0.537. The minimum atomic E-state index is -0.0765. The minimum absolute atomic E-state index is 0.0765. The SMILES string of the molecule is NNC(Cc1ccc(Br)cc1Cl)c1csnn1. The molecule has 0 aliphatic heterocycles. The van der Waals surface area contributed by atoms with Crippen molar-refractivity contribution >= 4 is 39.1 Å². The molecule has 1 unspecified atom stereocenters. The topological polar surface area (TPSA) is 63.8 Å². The number of nitrogens with zero attached hydrogens (tertiary/aromatic N) is 2. The molecule has 17 heavy (non-hydrogen) atoms. The minimum Gasteiger partial charge on any atom is -0.271 e. The summed E-state index contributed by atoms with van der Waals surface area (Å²) in [6.07, 6.45) is 0.675. The van der Waals surface area contributed by atoms with Crippen LogP contribution < -0.4 is 11.3 Å². The first kappa shape index (κ1) is 12.9. The van der Waals surface area contributed by atoms with Crippen LogP contribution in [0, 0.1) is 0 Å². The number of nitrogens with one attached hydrogen (secondary N) is 1. The molecule has 90 valence electrons. The molecule has 2 aromatic rings. The van der Waals surface area contributed by atoms with Gasteiger partial charge in [-0.2, -0.15) is 0 Å². The van der Waals surface area contributed by atoms with Crippen molar-refractivity contribution in [1.29, 1.82) is 0 Å². The average Bonchev–Trinajstić information content (AvgIpc) is 2.81. The molecular weight excluding hydrogens is 324 g/mol. The molecule has 0 aliphatic rings. The molecule has 1 heterocycles. The van der Waals surface area contributed by atoms with Gasteiger partial charge in [-0.1, -0.05) is 38.1 Å². The molecule has 0 radical (unpaired) electrons. The summed E-state index contributed by atoms with van der Waals surface area (Å²) in [6.45, 7) is 0. The Balaban J connectivity index is 2.19. The highest BCUT2D eigenvalue weighted by Crippen LogP contribution is 2.25. The van der Waals surface area contributed by atoms with Gasteiger partial charge in [-0.05, 0) is 35.6 Å². The fourth-order valence-electron chi connectivity index (χ4n) is 1.48. The van der Waals surface area contributed by atoms with Crippen molar-refractivity contribution in [1.82, 2.24) is 15.0 Å². The van der Waals surface area contributed by atoms with Crippen molar-refractivity contribution in [3.8, 4) is 0 Å². The molecule has 3 N–H and O–H groups in total. The molecule has 0 spiro atoms. The van der Waals surface area contributed by atoms with Crippen molar-refractivity contribution in [3.63, 3.8) is 0 Å². The molecule has 0 bridgehead atoms. The van der Waals surface area contributed by atoms with Crippen LogP contribution in [0.25, 0.3) is 0 Å². The van der Waals surface area contributed by atoms with E-state index in [1.54, 1.807) is 0 Å². The summed E-state index contributed by atoms with van der Waals surface area (Å²) in [7, 11) is 0. The summed E-state index contributed by atoms with van der Waals surface area (Å²) in [5.41, 5.74) is 4.58. The number of halogens is 2. The first-order valence-corrected chi connectivity index (χ1v) is 6.88. The van der Waals surface area contributed by atoms with E-state index in [9.17, 15) is 0 Å². The fourth-order valence-corrected chi connectivity index (χ4v) is 2.74. The van der Waals surface area contributed by atoms with E-state index in [1.807, 2.05) is 23.6 Å². The number of hydrogen-bond acceptors (Lipinski definition) is 5. The van der Waals surface area contributed by atoms with E-state index in [-0.39, 0.29) is 6.04 Å². The van der Waals surface area contributed by atoms with E-state index in [4.69, 9.17) is 17.4 Å². The van der Waals surface area contributed by atoms with Crippen LogP contribution in [0.2, 0.25) is 5.02 Å². The van der Waals surface area contributed by atoms with Crippen molar-refractivity contribution in [3.05, 3.63) is 44.3 Å². The summed E-state index contributed by atoms with van der Waals surface area (Å²) in [5, 5.41) is 6.59. The molecule has 0 saturated carbocycles. The number of benzene rings is 1. The number of hydrogen-bond donors (Lipinski definition) is 2. The molecule has 7 heteroatoms. The standard InChI is InChI=1S/C10H10BrClN4S/c11-7-2-1-6(8(12)4-7)3-9(14-13)10-5-17-16-15-10/h1-2,4-5,9,14H,3,13H2. The Morgan fingerprint density at radius 1 is 1.53 bits per heavy atom. The predicted molar refractivity (Wildman–Crippen MR) is 72.8 cm³/mol. The zero-order valence-corrected chi connectivity index (χ0v) is 11.9. The Morgan fingerprint density at radius 3 is 2.94 bits per heavy atom. The number of nitrogens with two attached hydrogens (primary N) is 1. The number of aromatic nitrogens is 2. The molecule has 1 aromatic carbocycles. The highest BCUT2D eigenvalue weighted by atomic mass is 79.9. The Bertz CT molecular complexity index is 491. The van der Waals surface area contributed by atoms with E-state index in [0.29, 0.717) is 11.4 Å². The second kappa shape index (κ2) is 5.88. The summed E-state index contributed by atoms with van der Waals surface area (Å²) >= 11 is 10.8. The fraction of sp³-hybridized carbons (Fsp3) is 0.200. The monoisotopic (exact) mass is 332 g/mol. The average molecular weight is 334 g/mol. The molecule has 0 fully saturated rings. The third kappa shape index (κ3) is 3.23. The normalized spacial score (nSPS) is 12.6. The molecule has 0 saturated heterocycles. The van der Waals surface area contributed by atoms with Crippen molar-refractivity contribution < 1.29 is 0 Å². The highest BCUT2D eigenvalue weighted by molar-refractivity contribution is 9.10. The Labute approximate surface area is 116 Å². The molecule has 2 rings (SSSR count). The summed E-state index contributed by atoms with van der Waals surface area (Å²) in [5.74, 6) is 5.53. The number of hydrazine groups is 1. The molecule has 0 amide bonds. The lowest BCUT2D eigenvalue weighted by Gasteiger charge is -2.14. The van der Waals surface area contributed by atoms with Crippen LogP contribution in [-0.4, -0.2) is 9.59 Å². The van der Waals surface area contributed by atoms with Gasteiger partial charge in [0.25, 0.3) is 0 Å². The van der Waals surface area contributed by atoms with Gasteiger partial charge in [-0.25, -0.2) is 0 Å². The van der Waals surface area contributed by atoms with Crippen LogP contribution in [0.4, 0.5) is 0 Å². The first-order chi connectivity index (χ1) is 8.20. The molecular formula is C10H10BrClN4S. The lowest BCUT2D eigenvalue weighted by Crippen LogP contribution is -2.29. The number of rotatable bonds is 4. The second-order valence-electron chi connectivity index (χ2n) is 3.49. The van der Waals surface area contributed by atoms with Gasteiger partial charge in [-0.15, -0.1) is 5.10 Å². The van der Waals surface area contributed by atoms with E-state index < -0.39 is 0 Å². The smallest absolute Gasteiger partial charge is 0.0941 e. The maximum absolute atomic E-state index is 6.16. The summed E-state index contributed by atoms with van der Waals surface area (Å²) < 4.78 is 4.78. The van der Waals surface area contributed by atoms with Gasteiger partial charge < -0.3 is 0 Å². The van der Waals surface area contributed by atoms with Gasteiger partial charge in [-0.3, -0.25) is 11.3 Å². The highest BCUT2D eigenvalue weighted by Gasteiger charge is 2.15. The zero-order valence-electron chi connectivity index (χ0n) is 8.73. The quantitative estimate of drug-likeness (QED) is 0.667. The maximum Gasteiger partial charge on any atom is 0.0941 e. The van der Waals surface area contributed by atoms with Gasteiger partial charge in [0.1, 0.15) is 0 Å². The van der Waals surface area contributed by atoms with Crippen LogP contribution in [0.15, 0.2) is 28.1 Å². The Morgan fingerprint density at radius 2 is 2.35 bits per heavy atom. The Kier molecular flexibility index (Phi) is 4.47. The van der Waals surface area contributed by atoms with Crippen LogP contribution in [-0.2, 0) is 6.42 Å². The summed E-state index contributed by atoms with van der Waals surface area (Å²) in [6, 6.07) is 5.71. The van der Waals surface area contributed by atoms with E-state index in [2.05, 4.69) is 30.9 Å². The zero-order chi connectivity index (χ0) is 12.3. The van der Waals surface area contributed by atoms with Crippen LogP contribution in [0.5, 0.6) is 0 Å². The van der Waals surface area contributed by atoms with E-state index in [1.165, 1.54) is 11.5 Å². The maximum atomic E-state index is 6.16. The second-order valence-corrected chi connectivity index (χ2v) is 5.42. The molecule has 4 nitrogen and oxygen atoms in total. The van der Waals surface area contributed by atoms with Crippen molar-refractivity contribution in [2.75, 3.05) is 0 Å². The first-order valence-electron chi connectivity index (χ1n) is 4.87. The predicted octanol–water partition coefficient (Wildman–Crippen LogP) is 2.70. The third-order valence-corrected chi connectivity index (χ3v) is 3.74. The van der Waals surface area contributed by atoms with Gasteiger partial charge in [0.15, 0.2) is 0 Å². The van der Waals surface area contributed by atoms with Crippen LogP contribution in [0.1, 0.15) is 17.3 Å². The summed E-state index contributed by atoms with van der Waals surface area (Å²) in [4.78, 5) is 0. The van der Waals surface area contributed by atoms with E-state index >= 15 is 0 Å². The lowest BCUT2D eigenvalue weighted by atomic mass is 10.0. The van der Waals surface area contributed by atoms with Crippen molar-refractivity contribution in [2.45, 2.75) is 12.5 Å².